The van der Waals surface area contributed by atoms with Gasteiger partial charge in [0.1, 0.15) is 4.90 Å². The molecule has 0 saturated carbocycles. The summed E-state index contributed by atoms with van der Waals surface area (Å²) >= 11 is 0. The van der Waals surface area contributed by atoms with E-state index in [1.807, 2.05) is 25.1 Å². The van der Waals surface area contributed by atoms with Gasteiger partial charge < -0.3 is 10.6 Å². The van der Waals surface area contributed by atoms with Crippen molar-refractivity contribution < 1.29 is 13.2 Å². The number of nitrogens with zero attached hydrogens (tertiary/aromatic N) is 1. The van der Waals surface area contributed by atoms with Gasteiger partial charge in [0.2, 0.25) is 15.9 Å². The lowest BCUT2D eigenvalue weighted by Crippen LogP contribution is -2.28. The summed E-state index contributed by atoms with van der Waals surface area (Å²) in [5.41, 5.74) is 1.76. The standard InChI is InChI=1S/C17H22N4O3S.2ClH/c1-2-18-12-14-5-3-6-15(11-14)21-17(22)8-10-20-25(23,24)16-7-4-9-19-13-16;;/h3-7,9,11,13,18,20H,2,8,10,12H2,1H3,(H,21,22);2*1H. The number of pyridine rings is 1. The Hall–Kier alpha value is -1.71. The van der Waals surface area contributed by atoms with E-state index in [0.717, 1.165) is 18.7 Å². The molecule has 0 aliphatic rings. The van der Waals surface area contributed by atoms with E-state index in [2.05, 4.69) is 20.3 Å². The lowest BCUT2D eigenvalue weighted by molar-refractivity contribution is -0.116. The van der Waals surface area contributed by atoms with Crippen LogP contribution in [0.4, 0.5) is 5.69 Å². The molecule has 1 heterocycles. The summed E-state index contributed by atoms with van der Waals surface area (Å²) in [6.07, 6.45) is 2.80. The molecule has 0 saturated heterocycles. The van der Waals surface area contributed by atoms with Gasteiger partial charge in [-0.1, -0.05) is 19.1 Å². The number of aromatic nitrogens is 1. The maximum atomic E-state index is 12.0. The predicted molar refractivity (Wildman–Crippen MR) is 111 cm³/mol. The van der Waals surface area contributed by atoms with Crippen molar-refractivity contribution in [2.24, 2.45) is 0 Å². The second-order valence-corrected chi connectivity index (χ2v) is 7.13. The van der Waals surface area contributed by atoms with Crippen molar-refractivity contribution in [2.75, 3.05) is 18.4 Å². The average molecular weight is 435 g/mol. The molecule has 1 aromatic carbocycles. The zero-order valence-corrected chi connectivity index (χ0v) is 17.3. The molecule has 0 unspecified atom stereocenters. The van der Waals surface area contributed by atoms with Crippen molar-refractivity contribution in [3.05, 3.63) is 54.4 Å². The van der Waals surface area contributed by atoms with Crippen LogP contribution in [0, 0.1) is 0 Å². The molecule has 10 heteroatoms. The third kappa shape index (κ3) is 8.68. The van der Waals surface area contributed by atoms with E-state index in [4.69, 9.17) is 0 Å². The van der Waals surface area contributed by atoms with E-state index in [1.54, 1.807) is 12.1 Å². The van der Waals surface area contributed by atoms with E-state index in [1.165, 1.54) is 18.5 Å². The maximum absolute atomic E-state index is 12.0. The summed E-state index contributed by atoms with van der Waals surface area (Å²) in [5, 5.41) is 5.99. The number of rotatable bonds is 9. The normalized spacial score (nSPS) is 10.4. The first-order chi connectivity index (χ1) is 12.0. The zero-order chi connectivity index (χ0) is 18.1. The quantitative estimate of drug-likeness (QED) is 0.562. The molecular weight excluding hydrogens is 411 g/mol. The van der Waals surface area contributed by atoms with Crippen LogP contribution in [-0.2, 0) is 21.4 Å². The van der Waals surface area contributed by atoms with Crippen LogP contribution in [0.15, 0.2) is 53.7 Å². The average Bonchev–Trinajstić information content (AvgIpc) is 2.61. The van der Waals surface area contributed by atoms with E-state index < -0.39 is 10.0 Å². The van der Waals surface area contributed by atoms with Crippen LogP contribution >= 0.6 is 24.8 Å². The van der Waals surface area contributed by atoms with Crippen LogP contribution < -0.4 is 15.4 Å². The Morgan fingerprint density at radius 1 is 1.15 bits per heavy atom. The second kappa shape index (κ2) is 12.6. The highest BCUT2D eigenvalue weighted by Gasteiger charge is 2.14. The van der Waals surface area contributed by atoms with Crippen molar-refractivity contribution in [1.82, 2.24) is 15.0 Å². The minimum Gasteiger partial charge on any atom is -0.326 e. The van der Waals surface area contributed by atoms with Gasteiger partial charge in [0.15, 0.2) is 0 Å². The Balaban J connectivity index is 0.00000338. The summed E-state index contributed by atoms with van der Waals surface area (Å²) in [6.45, 7) is 3.64. The lowest BCUT2D eigenvalue weighted by atomic mass is 10.2. The third-order valence-electron chi connectivity index (χ3n) is 3.38. The number of hydrogen-bond donors (Lipinski definition) is 3. The Morgan fingerprint density at radius 2 is 1.93 bits per heavy atom. The Morgan fingerprint density at radius 3 is 2.59 bits per heavy atom. The number of carbonyl (C=O) groups excluding carboxylic acids is 1. The van der Waals surface area contributed by atoms with Gasteiger partial charge in [0.05, 0.1) is 0 Å². The Kier molecular flexibility index (Phi) is 11.8. The third-order valence-corrected chi connectivity index (χ3v) is 4.82. The van der Waals surface area contributed by atoms with Crippen molar-refractivity contribution in [2.45, 2.75) is 24.8 Å². The molecule has 0 radical (unpaired) electrons. The molecule has 1 aromatic heterocycles. The first-order valence-corrected chi connectivity index (χ1v) is 9.49. The van der Waals surface area contributed by atoms with Gasteiger partial charge in [-0.3, -0.25) is 9.78 Å². The van der Waals surface area contributed by atoms with Gasteiger partial charge in [-0.05, 0) is 36.4 Å². The minimum atomic E-state index is -3.65. The highest BCUT2D eigenvalue weighted by Crippen LogP contribution is 2.11. The fraction of sp³-hybridized carbons (Fsp3) is 0.294. The number of anilines is 1. The number of amides is 1. The summed E-state index contributed by atoms with van der Waals surface area (Å²) < 4.78 is 26.4. The molecule has 7 nitrogen and oxygen atoms in total. The van der Waals surface area contributed by atoms with E-state index in [0.29, 0.717) is 5.69 Å². The first-order valence-electron chi connectivity index (χ1n) is 8.00. The van der Waals surface area contributed by atoms with Crippen LogP contribution in [0.5, 0.6) is 0 Å². The number of sulfonamides is 1. The topological polar surface area (TPSA) is 100 Å². The molecule has 0 atom stereocenters. The monoisotopic (exact) mass is 434 g/mol. The smallest absolute Gasteiger partial charge is 0.242 e. The minimum absolute atomic E-state index is 0. The van der Waals surface area contributed by atoms with E-state index in [-0.39, 0.29) is 48.6 Å². The number of hydrogen-bond acceptors (Lipinski definition) is 5. The van der Waals surface area contributed by atoms with E-state index in [9.17, 15) is 13.2 Å². The molecule has 0 bridgehead atoms. The van der Waals surface area contributed by atoms with Crippen molar-refractivity contribution >= 4 is 46.4 Å². The highest BCUT2D eigenvalue weighted by molar-refractivity contribution is 7.89. The number of benzene rings is 1. The first kappa shape index (κ1) is 25.3. The number of halogens is 2. The molecule has 150 valence electrons. The predicted octanol–water partition coefficient (Wildman–Crippen LogP) is 2.34. The molecule has 0 aliphatic carbocycles. The van der Waals surface area contributed by atoms with Crippen molar-refractivity contribution in [3.63, 3.8) is 0 Å². The molecule has 2 aromatic rings. The summed E-state index contributed by atoms with van der Waals surface area (Å²) in [4.78, 5) is 15.8. The molecule has 3 N–H and O–H groups in total. The largest absolute Gasteiger partial charge is 0.326 e. The highest BCUT2D eigenvalue weighted by atomic mass is 35.5. The summed E-state index contributed by atoms with van der Waals surface area (Å²) in [5.74, 6) is -0.255. The molecule has 1 amide bonds. The van der Waals surface area contributed by atoms with Gasteiger partial charge in [0, 0.05) is 37.6 Å². The Bertz CT molecular complexity index is 805. The Labute approximate surface area is 172 Å². The van der Waals surface area contributed by atoms with Gasteiger partial charge >= 0.3 is 0 Å². The molecule has 2 rings (SSSR count). The van der Waals surface area contributed by atoms with Gasteiger partial charge in [-0.15, -0.1) is 24.8 Å². The van der Waals surface area contributed by atoms with Crippen molar-refractivity contribution in [3.8, 4) is 0 Å². The second-order valence-electron chi connectivity index (χ2n) is 5.37. The van der Waals surface area contributed by atoms with Gasteiger partial charge in [-0.25, -0.2) is 13.1 Å². The van der Waals surface area contributed by atoms with Crippen molar-refractivity contribution in [1.29, 1.82) is 0 Å². The van der Waals surface area contributed by atoms with Crippen LogP contribution in [0.25, 0.3) is 0 Å². The van der Waals surface area contributed by atoms with Gasteiger partial charge in [0.25, 0.3) is 0 Å². The fourth-order valence-electron chi connectivity index (χ4n) is 2.14. The van der Waals surface area contributed by atoms with Crippen LogP contribution in [0.3, 0.4) is 0 Å². The SMILES string of the molecule is CCNCc1cccc(NC(=O)CCNS(=O)(=O)c2cccnc2)c1.Cl.Cl. The van der Waals surface area contributed by atoms with Crippen LogP contribution in [0.1, 0.15) is 18.9 Å². The summed E-state index contributed by atoms with van der Waals surface area (Å²) in [7, 11) is -3.65. The summed E-state index contributed by atoms with van der Waals surface area (Å²) in [6, 6.07) is 10.5. The molecule has 0 aliphatic heterocycles. The number of carbonyl (C=O) groups is 1. The zero-order valence-electron chi connectivity index (χ0n) is 14.8. The van der Waals surface area contributed by atoms with Crippen LogP contribution in [0.2, 0.25) is 0 Å². The molecule has 0 spiro atoms. The van der Waals surface area contributed by atoms with E-state index >= 15 is 0 Å². The maximum Gasteiger partial charge on any atom is 0.242 e. The number of nitrogens with one attached hydrogen (secondary N) is 3. The fourth-order valence-corrected chi connectivity index (χ4v) is 3.13. The van der Waals surface area contributed by atoms with Crippen LogP contribution in [-0.4, -0.2) is 32.4 Å². The molecular formula is C17H24Cl2N4O3S. The van der Waals surface area contributed by atoms with Gasteiger partial charge in [-0.2, -0.15) is 0 Å². The molecule has 0 fully saturated rings. The molecule has 27 heavy (non-hydrogen) atoms. The lowest BCUT2D eigenvalue weighted by Gasteiger charge is -2.09.